The molecule has 0 aliphatic carbocycles. The highest BCUT2D eigenvalue weighted by molar-refractivity contribution is 5.92. The first-order valence-electron chi connectivity index (χ1n) is 7.08. The van der Waals surface area contributed by atoms with Crippen LogP contribution in [0.4, 0.5) is 0 Å². The third kappa shape index (κ3) is 2.84. The van der Waals surface area contributed by atoms with Gasteiger partial charge < -0.3 is 4.98 Å². The van der Waals surface area contributed by atoms with Crippen LogP contribution in [-0.2, 0) is 6.42 Å². The highest BCUT2D eigenvalue weighted by Gasteiger charge is 2.10. The van der Waals surface area contributed by atoms with Crippen molar-refractivity contribution in [1.82, 2.24) is 15.0 Å². The number of rotatable bonds is 3. The minimum Gasteiger partial charge on any atom is -0.305 e. The van der Waals surface area contributed by atoms with E-state index in [1.165, 1.54) is 0 Å². The van der Waals surface area contributed by atoms with Gasteiger partial charge in [-0.15, -0.1) is 0 Å². The first kappa shape index (κ1) is 13.5. The Morgan fingerprint density at radius 3 is 2.81 bits per heavy atom. The predicted octanol–water partition coefficient (Wildman–Crippen LogP) is 3.18. The minimum atomic E-state index is -0.134. The summed E-state index contributed by atoms with van der Waals surface area (Å²) < 4.78 is 0. The van der Waals surface area contributed by atoms with Crippen molar-refractivity contribution < 1.29 is 0 Å². The maximum Gasteiger partial charge on any atom is 0.251 e. The first-order valence-corrected chi connectivity index (χ1v) is 7.08. The molecule has 0 atom stereocenters. The molecule has 0 spiro atoms. The normalized spacial score (nSPS) is 11.2. The molecule has 106 valence electrons. The van der Waals surface area contributed by atoms with E-state index in [9.17, 15) is 4.79 Å². The van der Waals surface area contributed by atoms with Gasteiger partial charge in [0.25, 0.3) is 5.56 Å². The molecule has 4 heteroatoms. The molecule has 1 N–H and O–H groups in total. The number of H-pyrrole nitrogens is 1. The van der Waals surface area contributed by atoms with E-state index < -0.39 is 0 Å². The number of fused-ring (bicyclic) bond motifs is 1. The zero-order valence-electron chi connectivity index (χ0n) is 12.1. The average molecular weight is 279 g/mol. The molecular weight excluding hydrogens is 262 g/mol. The van der Waals surface area contributed by atoms with Crippen LogP contribution in [0.15, 0.2) is 47.4 Å². The second kappa shape index (κ2) is 5.48. The van der Waals surface area contributed by atoms with Crippen molar-refractivity contribution >= 4 is 10.8 Å². The standard InChI is InChI=1S/C17H17N3O/c1-11(2)9-13-10-15(21)20-17(19-13)16-14-6-4-3-5-12(14)7-8-18-16/h3-8,10-11H,9H2,1-2H3,(H,19,20,21). The number of nitrogens with zero attached hydrogens (tertiary/aromatic N) is 2. The molecule has 0 saturated heterocycles. The summed E-state index contributed by atoms with van der Waals surface area (Å²) in [5, 5.41) is 2.07. The van der Waals surface area contributed by atoms with Crippen LogP contribution in [0.2, 0.25) is 0 Å². The van der Waals surface area contributed by atoms with E-state index in [2.05, 4.69) is 28.8 Å². The summed E-state index contributed by atoms with van der Waals surface area (Å²) in [6.07, 6.45) is 2.52. The molecule has 3 aromatic rings. The summed E-state index contributed by atoms with van der Waals surface area (Å²) in [6.45, 7) is 4.22. The third-order valence-electron chi connectivity index (χ3n) is 3.31. The number of nitrogens with one attached hydrogen (secondary N) is 1. The molecule has 1 aromatic carbocycles. The van der Waals surface area contributed by atoms with Gasteiger partial charge in [0, 0.05) is 23.3 Å². The summed E-state index contributed by atoms with van der Waals surface area (Å²) in [6, 6.07) is 11.5. The lowest BCUT2D eigenvalue weighted by Gasteiger charge is -2.08. The monoisotopic (exact) mass is 279 g/mol. The molecule has 0 aliphatic rings. The van der Waals surface area contributed by atoms with E-state index in [1.54, 1.807) is 12.3 Å². The van der Waals surface area contributed by atoms with Crippen LogP contribution in [0.3, 0.4) is 0 Å². The van der Waals surface area contributed by atoms with Crippen LogP contribution in [0, 0.1) is 5.92 Å². The van der Waals surface area contributed by atoms with E-state index >= 15 is 0 Å². The third-order valence-corrected chi connectivity index (χ3v) is 3.31. The second-order valence-electron chi connectivity index (χ2n) is 5.56. The number of pyridine rings is 1. The lowest BCUT2D eigenvalue weighted by atomic mass is 10.1. The van der Waals surface area contributed by atoms with Crippen LogP contribution in [-0.4, -0.2) is 15.0 Å². The molecule has 0 amide bonds. The smallest absolute Gasteiger partial charge is 0.251 e. The molecule has 0 unspecified atom stereocenters. The van der Waals surface area contributed by atoms with Gasteiger partial charge in [0.2, 0.25) is 0 Å². The summed E-state index contributed by atoms with van der Waals surface area (Å²) in [5.41, 5.74) is 1.39. The molecule has 0 aliphatic heterocycles. The Kier molecular flexibility index (Phi) is 3.52. The lowest BCUT2D eigenvalue weighted by molar-refractivity contribution is 0.633. The molecule has 3 rings (SSSR count). The van der Waals surface area contributed by atoms with Gasteiger partial charge in [-0.25, -0.2) is 4.98 Å². The summed E-state index contributed by atoms with van der Waals surface area (Å²) in [4.78, 5) is 23.7. The van der Waals surface area contributed by atoms with Crippen molar-refractivity contribution in [2.75, 3.05) is 0 Å². The molecule has 0 saturated carbocycles. The molecule has 2 aromatic heterocycles. The van der Waals surface area contributed by atoms with Gasteiger partial charge in [-0.1, -0.05) is 38.1 Å². The molecule has 0 bridgehead atoms. The van der Waals surface area contributed by atoms with Crippen molar-refractivity contribution in [1.29, 1.82) is 0 Å². The Bertz CT molecular complexity index is 831. The maximum atomic E-state index is 11.9. The Morgan fingerprint density at radius 2 is 2.00 bits per heavy atom. The van der Waals surface area contributed by atoms with E-state index in [-0.39, 0.29) is 5.56 Å². The van der Waals surface area contributed by atoms with Gasteiger partial charge in [0.05, 0.1) is 0 Å². The Balaban J connectivity index is 2.18. The van der Waals surface area contributed by atoms with Crippen molar-refractivity contribution in [2.45, 2.75) is 20.3 Å². The zero-order valence-corrected chi connectivity index (χ0v) is 12.1. The molecule has 0 fully saturated rings. The molecule has 4 nitrogen and oxygen atoms in total. The Labute approximate surface area is 122 Å². The van der Waals surface area contributed by atoms with Gasteiger partial charge in [-0.3, -0.25) is 9.78 Å². The van der Waals surface area contributed by atoms with Crippen LogP contribution in [0.25, 0.3) is 22.3 Å². The fraction of sp³-hybridized carbons (Fsp3) is 0.235. The largest absolute Gasteiger partial charge is 0.305 e. The van der Waals surface area contributed by atoms with E-state index in [0.717, 1.165) is 28.6 Å². The number of hydrogen-bond donors (Lipinski definition) is 1. The highest BCUT2D eigenvalue weighted by Crippen LogP contribution is 2.23. The molecule has 21 heavy (non-hydrogen) atoms. The molecule has 0 radical (unpaired) electrons. The SMILES string of the molecule is CC(C)Cc1cc(=O)[nH]c(-c2nccc3ccccc23)n1. The first-order chi connectivity index (χ1) is 10.1. The topological polar surface area (TPSA) is 58.6 Å². The van der Waals surface area contributed by atoms with Crippen molar-refractivity contribution in [3.8, 4) is 11.5 Å². The number of aromatic nitrogens is 3. The van der Waals surface area contributed by atoms with Crippen LogP contribution >= 0.6 is 0 Å². The van der Waals surface area contributed by atoms with Gasteiger partial charge in [0.1, 0.15) is 5.69 Å². The van der Waals surface area contributed by atoms with Gasteiger partial charge in [0.15, 0.2) is 5.82 Å². The molecule has 2 heterocycles. The van der Waals surface area contributed by atoms with Gasteiger partial charge in [-0.05, 0) is 23.8 Å². The fourth-order valence-electron chi connectivity index (χ4n) is 2.45. The van der Waals surface area contributed by atoms with Gasteiger partial charge in [-0.2, -0.15) is 0 Å². The van der Waals surface area contributed by atoms with Crippen LogP contribution in [0.5, 0.6) is 0 Å². The number of hydrogen-bond acceptors (Lipinski definition) is 3. The van der Waals surface area contributed by atoms with Crippen molar-refractivity contribution in [2.24, 2.45) is 5.92 Å². The molecular formula is C17H17N3O. The van der Waals surface area contributed by atoms with Crippen molar-refractivity contribution in [3.05, 3.63) is 58.6 Å². The summed E-state index contributed by atoms with van der Waals surface area (Å²) in [7, 11) is 0. The van der Waals surface area contributed by atoms with Crippen molar-refractivity contribution in [3.63, 3.8) is 0 Å². The zero-order chi connectivity index (χ0) is 14.8. The average Bonchev–Trinajstić information content (AvgIpc) is 2.45. The lowest BCUT2D eigenvalue weighted by Crippen LogP contribution is -2.12. The van der Waals surface area contributed by atoms with E-state index in [4.69, 9.17) is 0 Å². The fourth-order valence-corrected chi connectivity index (χ4v) is 2.45. The second-order valence-corrected chi connectivity index (χ2v) is 5.56. The highest BCUT2D eigenvalue weighted by atomic mass is 16.1. The summed E-state index contributed by atoms with van der Waals surface area (Å²) >= 11 is 0. The van der Waals surface area contributed by atoms with Crippen LogP contribution < -0.4 is 5.56 Å². The quantitative estimate of drug-likeness (QED) is 0.801. The maximum absolute atomic E-state index is 11.9. The minimum absolute atomic E-state index is 0.134. The predicted molar refractivity (Wildman–Crippen MR) is 84.1 cm³/mol. The van der Waals surface area contributed by atoms with E-state index in [0.29, 0.717) is 11.7 Å². The summed E-state index contributed by atoms with van der Waals surface area (Å²) in [5.74, 6) is 0.988. The Hall–Kier alpha value is -2.49. The van der Waals surface area contributed by atoms with Gasteiger partial charge >= 0.3 is 0 Å². The van der Waals surface area contributed by atoms with Crippen LogP contribution in [0.1, 0.15) is 19.5 Å². The number of benzene rings is 1. The number of aromatic amines is 1. The van der Waals surface area contributed by atoms with E-state index in [1.807, 2.05) is 30.3 Å². The Morgan fingerprint density at radius 1 is 1.19 bits per heavy atom.